The van der Waals surface area contributed by atoms with Crippen LogP contribution >= 0.6 is 0 Å². The van der Waals surface area contributed by atoms with Crippen LogP contribution in [-0.2, 0) is 6.42 Å². The molecule has 3 rings (SSSR count). The third-order valence-corrected chi connectivity index (χ3v) is 4.37. The Hall–Kier alpha value is -2.66. The summed E-state index contributed by atoms with van der Waals surface area (Å²) in [6.07, 6.45) is 11.3. The van der Waals surface area contributed by atoms with Crippen LogP contribution in [0.1, 0.15) is 32.3 Å². The van der Waals surface area contributed by atoms with Gasteiger partial charge in [-0.25, -0.2) is 4.98 Å². The average molecular weight is 350 g/mol. The molecule has 0 unspecified atom stereocenters. The molecule has 1 aromatic carbocycles. The van der Waals surface area contributed by atoms with Crippen LogP contribution in [0.15, 0.2) is 54.4 Å². The number of aryl methyl sites for hydroxylation is 1. The Balaban J connectivity index is 1.91. The van der Waals surface area contributed by atoms with Gasteiger partial charge in [-0.2, -0.15) is 4.98 Å². The molecule has 2 aromatic rings. The van der Waals surface area contributed by atoms with Crippen molar-refractivity contribution in [2.24, 2.45) is 0 Å². The van der Waals surface area contributed by atoms with Crippen molar-refractivity contribution in [1.82, 2.24) is 9.97 Å². The van der Waals surface area contributed by atoms with Gasteiger partial charge in [0, 0.05) is 23.5 Å². The highest BCUT2D eigenvalue weighted by Gasteiger charge is 2.12. The van der Waals surface area contributed by atoms with Crippen LogP contribution in [0.2, 0.25) is 0 Å². The van der Waals surface area contributed by atoms with Gasteiger partial charge in [0.15, 0.2) is 0 Å². The van der Waals surface area contributed by atoms with E-state index < -0.39 is 0 Å². The second kappa shape index (κ2) is 8.63. The normalized spacial score (nSPS) is 14.7. The number of allylic oxidation sites excluding steroid dienone is 3. The Bertz CT molecular complexity index is 796. The van der Waals surface area contributed by atoms with Crippen molar-refractivity contribution in [3.63, 3.8) is 0 Å². The van der Waals surface area contributed by atoms with E-state index in [1.54, 1.807) is 0 Å². The summed E-state index contributed by atoms with van der Waals surface area (Å²) in [4.78, 5) is 9.14. The van der Waals surface area contributed by atoms with Gasteiger partial charge in [0.1, 0.15) is 5.82 Å². The number of nitrogens with one attached hydrogen (secondary N) is 2. The quantitative estimate of drug-likeness (QED) is 0.700. The second-order valence-corrected chi connectivity index (χ2v) is 6.50. The Kier molecular flexibility index (Phi) is 6.02. The van der Waals surface area contributed by atoms with E-state index in [0.717, 1.165) is 36.1 Å². The maximum absolute atomic E-state index is 9.42. The Morgan fingerprint density at radius 2 is 2.00 bits per heavy atom. The number of nitrogens with zero attached hydrogens (tertiary/aromatic N) is 2. The van der Waals surface area contributed by atoms with E-state index in [1.807, 2.05) is 19.2 Å². The third kappa shape index (κ3) is 4.49. The lowest BCUT2D eigenvalue weighted by Crippen LogP contribution is -2.21. The molecule has 1 atom stereocenters. The van der Waals surface area contributed by atoms with Crippen molar-refractivity contribution in [2.45, 2.75) is 39.2 Å². The number of hydrogen-bond donors (Lipinski definition) is 3. The third-order valence-electron chi connectivity index (χ3n) is 4.37. The lowest BCUT2D eigenvalue weighted by atomic mass is 10.0. The molecule has 1 aliphatic carbocycles. The number of anilines is 2. The second-order valence-electron chi connectivity index (χ2n) is 6.50. The molecular formula is C21H26N4O. The number of benzene rings is 1. The SMILES string of the molecule is CCc1ccc(-c2cnc(NC3=CCCC=C3)nc2N[C@H](C)CO)cc1. The number of hydrogen-bond acceptors (Lipinski definition) is 5. The van der Waals surface area contributed by atoms with Crippen LogP contribution in [0.4, 0.5) is 11.8 Å². The van der Waals surface area contributed by atoms with Crippen LogP contribution in [0.25, 0.3) is 11.1 Å². The molecule has 0 saturated heterocycles. The van der Waals surface area contributed by atoms with Gasteiger partial charge in [-0.1, -0.05) is 43.3 Å². The number of aliphatic hydroxyl groups is 1. The Morgan fingerprint density at radius 3 is 2.65 bits per heavy atom. The summed E-state index contributed by atoms with van der Waals surface area (Å²) in [5.41, 5.74) is 4.28. The van der Waals surface area contributed by atoms with Gasteiger partial charge >= 0.3 is 0 Å². The molecule has 136 valence electrons. The first-order valence-electron chi connectivity index (χ1n) is 9.17. The van der Waals surface area contributed by atoms with E-state index in [0.29, 0.717) is 11.8 Å². The molecule has 0 aliphatic heterocycles. The maximum atomic E-state index is 9.42. The fourth-order valence-electron chi connectivity index (χ4n) is 2.80. The van der Waals surface area contributed by atoms with Crippen molar-refractivity contribution in [3.8, 4) is 11.1 Å². The highest BCUT2D eigenvalue weighted by molar-refractivity contribution is 5.75. The lowest BCUT2D eigenvalue weighted by Gasteiger charge is -2.17. The van der Waals surface area contributed by atoms with Gasteiger partial charge < -0.3 is 15.7 Å². The molecule has 0 fully saturated rings. The van der Waals surface area contributed by atoms with E-state index in [4.69, 9.17) is 0 Å². The average Bonchev–Trinajstić information content (AvgIpc) is 2.69. The van der Waals surface area contributed by atoms with Crippen LogP contribution in [0.5, 0.6) is 0 Å². The lowest BCUT2D eigenvalue weighted by molar-refractivity contribution is 0.281. The van der Waals surface area contributed by atoms with Crippen molar-refractivity contribution >= 4 is 11.8 Å². The molecule has 5 nitrogen and oxygen atoms in total. The summed E-state index contributed by atoms with van der Waals surface area (Å²) >= 11 is 0. The van der Waals surface area contributed by atoms with Crippen molar-refractivity contribution < 1.29 is 5.11 Å². The molecule has 0 spiro atoms. The van der Waals surface area contributed by atoms with E-state index in [9.17, 15) is 5.11 Å². The molecule has 0 bridgehead atoms. The summed E-state index contributed by atoms with van der Waals surface area (Å²) < 4.78 is 0. The minimum atomic E-state index is -0.0970. The van der Waals surface area contributed by atoms with Gasteiger partial charge in [0.25, 0.3) is 0 Å². The van der Waals surface area contributed by atoms with Crippen LogP contribution in [0.3, 0.4) is 0 Å². The number of rotatable bonds is 7. The topological polar surface area (TPSA) is 70.1 Å². The maximum Gasteiger partial charge on any atom is 0.229 e. The standard InChI is InChI=1S/C21H26N4O/c1-3-16-9-11-17(12-10-16)19-13-22-21(24-18-7-5-4-6-8-18)25-20(19)23-15(2)14-26/h5,7-13,15,26H,3-4,6,14H2,1-2H3,(H2,22,23,24,25)/t15-/m1/s1. The molecule has 26 heavy (non-hydrogen) atoms. The van der Waals surface area contributed by atoms with Crippen molar-refractivity contribution in [1.29, 1.82) is 0 Å². The molecule has 5 heteroatoms. The summed E-state index contributed by atoms with van der Waals surface area (Å²) in [5, 5.41) is 16.0. The molecule has 1 aromatic heterocycles. The fourth-order valence-corrected chi connectivity index (χ4v) is 2.80. The summed E-state index contributed by atoms with van der Waals surface area (Å²) in [7, 11) is 0. The highest BCUT2D eigenvalue weighted by Crippen LogP contribution is 2.28. The molecule has 1 aliphatic rings. The predicted molar refractivity (Wildman–Crippen MR) is 107 cm³/mol. The molecule has 3 N–H and O–H groups in total. The molecular weight excluding hydrogens is 324 g/mol. The molecule has 0 amide bonds. The fraction of sp³-hybridized carbons (Fsp3) is 0.333. The first kappa shape index (κ1) is 18.1. The summed E-state index contributed by atoms with van der Waals surface area (Å²) in [6, 6.07) is 8.33. The van der Waals surface area contributed by atoms with Gasteiger partial charge in [-0.15, -0.1) is 0 Å². The highest BCUT2D eigenvalue weighted by atomic mass is 16.3. The van der Waals surface area contributed by atoms with E-state index >= 15 is 0 Å². The van der Waals surface area contributed by atoms with Gasteiger partial charge in [-0.3, -0.25) is 0 Å². The minimum absolute atomic E-state index is 0.0366. The largest absolute Gasteiger partial charge is 0.394 e. The van der Waals surface area contributed by atoms with E-state index in [-0.39, 0.29) is 12.6 Å². The minimum Gasteiger partial charge on any atom is -0.394 e. The predicted octanol–water partition coefficient (Wildman–Crippen LogP) is 4.14. The van der Waals surface area contributed by atoms with Crippen LogP contribution < -0.4 is 10.6 Å². The van der Waals surface area contributed by atoms with Gasteiger partial charge in [0.05, 0.1) is 6.61 Å². The van der Waals surface area contributed by atoms with Crippen LogP contribution in [0, 0.1) is 0 Å². The smallest absolute Gasteiger partial charge is 0.229 e. The first-order valence-corrected chi connectivity index (χ1v) is 9.17. The Labute approximate surface area is 154 Å². The zero-order valence-corrected chi connectivity index (χ0v) is 15.4. The van der Waals surface area contributed by atoms with E-state index in [1.165, 1.54) is 5.56 Å². The van der Waals surface area contributed by atoms with Gasteiger partial charge in [-0.05, 0) is 43.4 Å². The van der Waals surface area contributed by atoms with Gasteiger partial charge in [0.2, 0.25) is 5.95 Å². The van der Waals surface area contributed by atoms with Crippen molar-refractivity contribution in [3.05, 3.63) is 60.0 Å². The van der Waals surface area contributed by atoms with Crippen molar-refractivity contribution in [2.75, 3.05) is 17.2 Å². The summed E-state index contributed by atoms with van der Waals surface area (Å²) in [6.45, 7) is 4.10. The number of aromatic nitrogens is 2. The zero-order chi connectivity index (χ0) is 18.4. The summed E-state index contributed by atoms with van der Waals surface area (Å²) in [5.74, 6) is 1.26. The Morgan fingerprint density at radius 1 is 1.19 bits per heavy atom. The first-order chi connectivity index (χ1) is 12.7. The molecule has 0 saturated carbocycles. The van der Waals surface area contributed by atoms with E-state index in [2.05, 4.69) is 63.9 Å². The molecule has 1 heterocycles. The zero-order valence-electron chi connectivity index (χ0n) is 15.4. The molecule has 0 radical (unpaired) electrons. The monoisotopic (exact) mass is 350 g/mol. The number of aliphatic hydroxyl groups excluding tert-OH is 1. The van der Waals surface area contributed by atoms with Crippen LogP contribution in [-0.4, -0.2) is 27.7 Å².